The molecule has 0 spiro atoms. The number of aromatic nitrogens is 1. The molecule has 0 saturated heterocycles. The van der Waals surface area contributed by atoms with Gasteiger partial charge in [0.1, 0.15) is 0 Å². The smallest absolute Gasteiger partial charge is 0.312 e. The van der Waals surface area contributed by atoms with Crippen molar-refractivity contribution in [3.63, 3.8) is 0 Å². The second-order valence-corrected chi connectivity index (χ2v) is 3.12. The van der Waals surface area contributed by atoms with Gasteiger partial charge in [0, 0.05) is 11.8 Å². The maximum atomic E-state index is 12.8. The lowest BCUT2D eigenvalue weighted by Crippen LogP contribution is -2.11. The third kappa shape index (κ3) is 2.07. The number of pyridine rings is 1. The summed E-state index contributed by atoms with van der Waals surface area (Å²) < 4.78 is 17.4. The Hall–Kier alpha value is -1.45. The van der Waals surface area contributed by atoms with E-state index in [0.29, 0.717) is 11.1 Å². The van der Waals surface area contributed by atoms with E-state index < -0.39 is 11.9 Å². The normalized spacial score (nSPS) is 12.3. The first-order valence-electron chi connectivity index (χ1n) is 4.26. The van der Waals surface area contributed by atoms with E-state index in [1.54, 1.807) is 19.9 Å². The first kappa shape index (κ1) is 10.6. The van der Waals surface area contributed by atoms with Crippen LogP contribution in [0, 0.1) is 12.9 Å². The molecule has 0 aliphatic rings. The zero-order valence-electron chi connectivity index (χ0n) is 8.37. The predicted molar refractivity (Wildman–Crippen MR) is 49.4 cm³/mol. The lowest BCUT2D eigenvalue weighted by atomic mass is 10.0. The van der Waals surface area contributed by atoms with Crippen molar-refractivity contribution in [3.05, 3.63) is 29.3 Å². The molecule has 0 aromatic carbocycles. The van der Waals surface area contributed by atoms with E-state index in [1.807, 2.05) is 0 Å². The SMILES string of the molecule is COC(=O)C(C)c1cnc(F)c(C)c1. The first-order valence-corrected chi connectivity index (χ1v) is 4.26. The molecular weight excluding hydrogens is 185 g/mol. The van der Waals surface area contributed by atoms with Crippen molar-refractivity contribution in [1.82, 2.24) is 4.98 Å². The summed E-state index contributed by atoms with van der Waals surface area (Å²) >= 11 is 0. The second kappa shape index (κ2) is 4.17. The number of halogens is 1. The summed E-state index contributed by atoms with van der Waals surface area (Å²) in [6.07, 6.45) is 1.35. The molecule has 0 radical (unpaired) electrons. The monoisotopic (exact) mass is 197 g/mol. The number of hydrogen-bond acceptors (Lipinski definition) is 3. The van der Waals surface area contributed by atoms with Crippen LogP contribution in [0.15, 0.2) is 12.3 Å². The predicted octanol–water partition coefficient (Wildman–Crippen LogP) is 1.81. The van der Waals surface area contributed by atoms with Gasteiger partial charge in [-0.25, -0.2) is 4.98 Å². The average molecular weight is 197 g/mol. The highest BCUT2D eigenvalue weighted by Crippen LogP contribution is 2.17. The Bertz CT molecular complexity index is 352. The second-order valence-electron chi connectivity index (χ2n) is 3.12. The maximum Gasteiger partial charge on any atom is 0.312 e. The van der Waals surface area contributed by atoms with E-state index in [-0.39, 0.29) is 5.97 Å². The number of ether oxygens (including phenoxy) is 1. The molecule has 0 saturated carbocycles. The summed E-state index contributed by atoms with van der Waals surface area (Å²) in [6, 6.07) is 1.60. The summed E-state index contributed by atoms with van der Waals surface area (Å²) in [7, 11) is 1.32. The van der Waals surface area contributed by atoms with Crippen molar-refractivity contribution in [1.29, 1.82) is 0 Å². The third-order valence-corrected chi connectivity index (χ3v) is 2.09. The van der Waals surface area contributed by atoms with Gasteiger partial charge in [-0.1, -0.05) is 0 Å². The van der Waals surface area contributed by atoms with Crippen LogP contribution in [0.5, 0.6) is 0 Å². The van der Waals surface area contributed by atoms with Gasteiger partial charge in [0.15, 0.2) is 0 Å². The Kier molecular flexibility index (Phi) is 3.17. The number of aryl methyl sites for hydroxylation is 1. The van der Waals surface area contributed by atoms with E-state index >= 15 is 0 Å². The Balaban J connectivity index is 2.96. The molecule has 0 N–H and O–H groups in total. The van der Waals surface area contributed by atoms with Crippen LogP contribution in [0.2, 0.25) is 0 Å². The number of carbonyl (C=O) groups excluding carboxylic acids is 1. The summed E-state index contributed by atoms with van der Waals surface area (Å²) in [6.45, 7) is 3.30. The fraction of sp³-hybridized carbons (Fsp3) is 0.400. The van der Waals surface area contributed by atoms with Gasteiger partial charge in [-0.15, -0.1) is 0 Å². The standard InChI is InChI=1S/C10H12FNO2/c1-6-4-8(5-12-9(6)11)7(2)10(13)14-3/h4-5,7H,1-3H3. The zero-order valence-corrected chi connectivity index (χ0v) is 8.37. The minimum Gasteiger partial charge on any atom is -0.469 e. The molecular formula is C10H12FNO2. The van der Waals surface area contributed by atoms with E-state index in [9.17, 15) is 9.18 Å². The molecule has 1 unspecified atom stereocenters. The Morgan fingerprint density at radius 1 is 1.64 bits per heavy atom. The molecule has 0 amide bonds. The van der Waals surface area contributed by atoms with Crippen molar-refractivity contribution in [2.75, 3.05) is 7.11 Å². The molecule has 4 heteroatoms. The summed E-state index contributed by atoms with van der Waals surface area (Å²) in [5.74, 6) is -1.27. The Labute approximate surface area is 81.9 Å². The fourth-order valence-corrected chi connectivity index (χ4v) is 1.13. The van der Waals surface area contributed by atoms with Crippen LogP contribution in [-0.2, 0) is 9.53 Å². The molecule has 1 aromatic rings. The number of nitrogens with zero attached hydrogens (tertiary/aromatic N) is 1. The minimum absolute atomic E-state index is 0.349. The molecule has 0 bridgehead atoms. The van der Waals surface area contributed by atoms with Crippen LogP contribution in [-0.4, -0.2) is 18.1 Å². The first-order chi connectivity index (χ1) is 6.56. The largest absolute Gasteiger partial charge is 0.469 e. The van der Waals surface area contributed by atoms with E-state index in [1.165, 1.54) is 13.3 Å². The number of hydrogen-bond donors (Lipinski definition) is 0. The topological polar surface area (TPSA) is 39.2 Å². The van der Waals surface area contributed by atoms with Gasteiger partial charge in [0.25, 0.3) is 0 Å². The molecule has 1 aromatic heterocycles. The van der Waals surface area contributed by atoms with E-state index in [2.05, 4.69) is 9.72 Å². The van der Waals surface area contributed by atoms with Crippen LogP contribution in [0.4, 0.5) is 4.39 Å². The van der Waals surface area contributed by atoms with Crippen molar-refractivity contribution in [3.8, 4) is 0 Å². The summed E-state index contributed by atoms with van der Waals surface area (Å²) in [4.78, 5) is 14.7. The molecule has 0 aliphatic heterocycles. The van der Waals surface area contributed by atoms with Gasteiger partial charge in [-0.3, -0.25) is 4.79 Å². The highest BCUT2D eigenvalue weighted by atomic mass is 19.1. The molecule has 76 valence electrons. The fourth-order valence-electron chi connectivity index (χ4n) is 1.13. The molecule has 1 heterocycles. The van der Waals surface area contributed by atoms with Gasteiger partial charge in [-0.05, 0) is 25.5 Å². The van der Waals surface area contributed by atoms with Gasteiger partial charge in [0.2, 0.25) is 5.95 Å². The van der Waals surface area contributed by atoms with Crippen LogP contribution < -0.4 is 0 Å². The number of carbonyl (C=O) groups is 1. The maximum absolute atomic E-state index is 12.8. The van der Waals surface area contributed by atoms with Crippen molar-refractivity contribution in [2.24, 2.45) is 0 Å². The molecule has 14 heavy (non-hydrogen) atoms. The van der Waals surface area contributed by atoms with Gasteiger partial charge in [-0.2, -0.15) is 4.39 Å². The lowest BCUT2D eigenvalue weighted by molar-refractivity contribution is -0.142. The Morgan fingerprint density at radius 3 is 2.79 bits per heavy atom. The molecule has 1 atom stereocenters. The van der Waals surface area contributed by atoms with Gasteiger partial charge in [0.05, 0.1) is 13.0 Å². The zero-order chi connectivity index (χ0) is 10.7. The summed E-state index contributed by atoms with van der Waals surface area (Å²) in [5, 5.41) is 0. The van der Waals surface area contributed by atoms with Crippen LogP contribution in [0.25, 0.3) is 0 Å². The quantitative estimate of drug-likeness (QED) is 0.536. The van der Waals surface area contributed by atoms with Crippen LogP contribution in [0.3, 0.4) is 0 Å². The van der Waals surface area contributed by atoms with Crippen LogP contribution in [0.1, 0.15) is 24.0 Å². The number of rotatable bonds is 2. The highest BCUT2D eigenvalue weighted by molar-refractivity contribution is 5.77. The van der Waals surface area contributed by atoms with E-state index in [0.717, 1.165) is 0 Å². The highest BCUT2D eigenvalue weighted by Gasteiger charge is 2.16. The average Bonchev–Trinajstić information content (AvgIpc) is 2.20. The van der Waals surface area contributed by atoms with Gasteiger partial charge >= 0.3 is 5.97 Å². The van der Waals surface area contributed by atoms with Crippen molar-refractivity contribution in [2.45, 2.75) is 19.8 Å². The van der Waals surface area contributed by atoms with Crippen LogP contribution >= 0.6 is 0 Å². The van der Waals surface area contributed by atoms with Crippen molar-refractivity contribution < 1.29 is 13.9 Å². The molecule has 3 nitrogen and oxygen atoms in total. The van der Waals surface area contributed by atoms with E-state index in [4.69, 9.17) is 0 Å². The number of esters is 1. The molecule has 0 fully saturated rings. The lowest BCUT2D eigenvalue weighted by Gasteiger charge is -2.09. The minimum atomic E-state index is -0.509. The number of methoxy groups -OCH3 is 1. The van der Waals surface area contributed by atoms with Crippen molar-refractivity contribution >= 4 is 5.97 Å². The Morgan fingerprint density at radius 2 is 2.29 bits per heavy atom. The molecule has 1 rings (SSSR count). The molecule has 0 aliphatic carbocycles. The van der Waals surface area contributed by atoms with Gasteiger partial charge < -0.3 is 4.74 Å². The third-order valence-electron chi connectivity index (χ3n) is 2.09. The summed E-state index contributed by atoms with van der Waals surface area (Å²) in [5.41, 5.74) is 1.09.